The van der Waals surface area contributed by atoms with Gasteiger partial charge in [-0.15, -0.1) is 0 Å². The lowest BCUT2D eigenvalue weighted by Gasteiger charge is -2.41. The van der Waals surface area contributed by atoms with Gasteiger partial charge in [0.2, 0.25) is 5.91 Å². The van der Waals surface area contributed by atoms with Crippen LogP contribution in [0.5, 0.6) is 0 Å². The van der Waals surface area contributed by atoms with Crippen molar-refractivity contribution in [3.63, 3.8) is 0 Å². The number of carboxylic acids is 1. The van der Waals surface area contributed by atoms with Crippen molar-refractivity contribution in [1.29, 1.82) is 0 Å². The van der Waals surface area contributed by atoms with E-state index >= 15 is 0 Å². The molecule has 4 nitrogen and oxygen atoms in total. The second-order valence-corrected chi connectivity index (χ2v) is 5.74. The third kappa shape index (κ3) is 2.61. The fraction of sp³-hybridized carbons (Fsp3) is 0.846. The minimum atomic E-state index is -0.816. The average Bonchev–Trinajstić information content (AvgIpc) is 2.26. The molecule has 0 bridgehead atoms. The van der Waals surface area contributed by atoms with Crippen LogP contribution in [-0.2, 0) is 9.59 Å². The molecule has 96 valence electrons. The predicted octanol–water partition coefficient (Wildman–Crippen LogP) is 1.94. The standard InChI is InChI=1S/C13H21NO3/c1-13(7-4-8-13)14-11(15)9-5-2-3-6-10(9)12(16)17/h9-10H,2-8H2,1H3,(H,14,15)(H,16,17). The van der Waals surface area contributed by atoms with E-state index in [1.807, 2.05) is 6.92 Å². The Morgan fingerprint density at radius 1 is 1.12 bits per heavy atom. The Hall–Kier alpha value is -1.06. The number of rotatable bonds is 3. The topological polar surface area (TPSA) is 66.4 Å². The molecule has 2 atom stereocenters. The van der Waals surface area contributed by atoms with Crippen molar-refractivity contribution >= 4 is 11.9 Å². The smallest absolute Gasteiger partial charge is 0.307 e. The lowest BCUT2D eigenvalue weighted by atomic mass is 9.75. The summed E-state index contributed by atoms with van der Waals surface area (Å²) in [4.78, 5) is 23.3. The van der Waals surface area contributed by atoms with Gasteiger partial charge in [0.1, 0.15) is 0 Å². The maximum atomic E-state index is 12.1. The molecule has 0 aromatic carbocycles. The molecule has 2 saturated carbocycles. The number of nitrogens with one attached hydrogen (secondary N) is 1. The third-order valence-electron chi connectivity index (χ3n) is 4.30. The van der Waals surface area contributed by atoms with Crippen LogP contribution in [-0.4, -0.2) is 22.5 Å². The van der Waals surface area contributed by atoms with Gasteiger partial charge in [-0.05, 0) is 39.0 Å². The van der Waals surface area contributed by atoms with E-state index in [1.54, 1.807) is 0 Å². The van der Waals surface area contributed by atoms with Crippen molar-refractivity contribution in [3.8, 4) is 0 Å². The van der Waals surface area contributed by atoms with E-state index in [4.69, 9.17) is 5.11 Å². The van der Waals surface area contributed by atoms with Gasteiger partial charge in [-0.2, -0.15) is 0 Å². The lowest BCUT2D eigenvalue weighted by molar-refractivity contribution is -0.149. The molecular weight excluding hydrogens is 218 g/mol. The zero-order chi connectivity index (χ0) is 12.5. The molecule has 4 heteroatoms. The third-order valence-corrected chi connectivity index (χ3v) is 4.30. The summed E-state index contributed by atoms with van der Waals surface area (Å²) >= 11 is 0. The van der Waals surface area contributed by atoms with Gasteiger partial charge < -0.3 is 10.4 Å². The summed E-state index contributed by atoms with van der Waals surface area (Å²) in [6.45, 7) is 2.05. The summed E-state index contributed by atoms with van der Waals surface area (Å²) in [7, 11) is 0. The van der Waals surface area contributed by atoms with E-state index in [2.05, 4.69) is 5.32 Å². The molecule has 0 aromatic rings. The van der Waals surface area contributed by atoms with Gasteiger partial charge in [-0.1, -0.05) is 12.8 Å². The van der Waals surface area contributed by atoms with Crippen LogP contribution in [0.4, 0.5) is 0 Å². The molecular formula is C13H21NO3. The highest BCUT2D eigenvalue weighted by atomic mass is 16.4. The van der Waals surface area contributed by atoms with Crippen molar-refractivity contribution < 1.29 is 14.7 Å². The van der Waals surface area contributed by atoms with Crippen molar-refractivity contribution in [2.75, 3.05) is 0 Å². The van der Waals surface area contributed by atoms with E-state index in [0.717, 1.165) is 38.5 Å². The molecule has 2 aliphatic rings. The summed E-state index contributed by atoms with van der Waals surface area (Å²) in [6, 6.07) is 0. The Kier molecular flexibility index (Phi) is 3.40. The minimum absolute atomic E-state index is 0.0423. The number of carbonyl (C=O) groups excluding carboxylic acids is 1. The van der Waals surface area contributed by atoms with E-state index in [9.17, 15) is 9.59 Å². The Bertz CT molecular complexity index is 323. The second kappa shape index (κ2) is 4.67. The van der Waals surface area contributed by atoms with Crippen LogP contribution in [0.3, 0.4) is 0 Å². The molecule has 2 unspecified atom stereocenters. The van der Waals surface area contributed by atoms with Crippen molar-refractivity contribution in [2.24, 2.45) is 11.8 Å². The van der Waals surface area contributed by atoms with Crippen LogP contribution in [0.2, 0.25) is 0 Å². The molecule has 2 fully saturated rings. The first kappa shape index (κ1) is 12.4. The molecule has 0 heterocycles. The molecule has 0 spiro atoms. The summed E-state index contributed by atoms with van der Waals surface area (Å²) < 4.78 is 0. The first-order valence-corrected chi connectivity index (χ1v) is 6.57. The first-order chi connectivity index (χ1) is 8.02. The number of carbonyl (C=O) groups is 2. The fourth-order valence-electron chi connectivity index (χ4n) is 2.96. The normalized spacial score (nSPS) is 31.4. The van der Waals surface area contributed by atoms with Gasteiger partial charge in [-0.3, -0.25) is 9.59 Å². The monoisotopic (exact) mass is 239 g/mol. The van der Waals surface area contributed by atoms with Crippen molar-refractivity contribution in [3.05, 3.63) is 0 Å². The largest absolute Gasteiger partial charge is 0.481 e. The van der Waals surface area contributed by atoms with Gasteiger partial charge in [0.05, 0.1) is 11.8 Å². The number of carboxylic acid groups (broad SMARTS) is 1. The van der Waals surface area contributed by atoms with Gasteiger partial charge in [0.15, 0.2) is 0 Å². The first-order valence-electron chi connectivity index (χ1n) is 6.57. The predicted molar refractivity (Wildman–Crippen MR) is 63.5 cm³/mol. The van der Waals surface area contributed by atoms with Crippen LogP contribution in [0.1, 0.15) is 51.9 Å². The van der Waals surface area contributed by atoms with Crippen molar-refractivity contribution in [2.45, 2.75) is 57.4 Å². The molecule has 0 saturated heterocycles. The molecule has 1 amide bonds. The fourth-order valence-corrected chi connectivity index (χ4v) is 2.96. The maximum Gasteiger partial charge on any atom is 0.307 e. The van der Waals surface area contributed by atoms with Gasteiger partial charge in [-0.25, -0.2) is 0 Å². The molecule has 0 aromatic heterocycles. The Labute approximate surface area is 102 Å². The van der Waals surface area contributed by atoms with Gasteiger partial charge >= 0.3 is 5.97 Å². The van der Waals surface area contributed by atoms with E-state index in [-0.39, 0.29) is 17.4 Å². The van der Waals surface area contributed by atoms with E-state index < -0.39 is 11.9 Å². The van der Waals surface area contributed by atoms with E-state index in [0.29, 0.717) is 6.42 Å². The highest BCUT2D eigenvalue weighted by molar-refractivity contribution is 5.85. The number of hydrogen-bond donors (Lipinski definition) is 2. The van der Waals surface area contributed by atoms with Gasteiger partial charge in [0, 0.05) is 5.54 Å². The molecule has 2 rings (SSSR count). The van der Waals surface area contributed by atoms with Crippen LogP contribution >= 0.6 is 0 Å². The zero-order valence-corrected chi connectivity index (χ0v) is 10.4. The summed E-state index contributed by atoms with van der Waals surface area (Å²) in [6.07, 6.45) is 6.45. The van der Waals surface area contributed by atoms with Gasteiger partial charge in [0.25, 0.3) is 0 Å². The number of hydrogen-bond acceptors (Lipinski definition) is 2. The molecule has 0 radical (unpaired) electrons. The van der Waals surface area contributed by atoms with E-state index in [1.165, 1.54) is 0 Å². The number of amides is 1. The van der Waals surface area contributed by atoms with Crippen LogP contribution in [0.15, 0.2) is 0 Å². The van der Waals surface area contributed by atoms with Crippen molar-refractivity contribution in [1.82, 2.24) is 5.32 Å². The Balaban J connectivity index is 1.98. The summed E-state index contributed by atoms with van der Waals surface area (Å²) in [5.41, 5.74) is -0.0718. The quantitative estimate of drug-likeness (QED) is 0.791. The zero-order valence-electron chi connectivity index (χ0n) is 10.4. The highest BCUT2D eigenvalue weighted by Crippen LogP contribution is 2.34. The Morgan fingerprint density at radius 3 is 2.18 bits per heavy atom. The average molecular weight is 239 g/mol. The van der Waals surface area contributed by atoms with Crippen LogP contribution in [0, 0.1) is 11.8 Å². The summed E-state index contributed by atoms with van der Waals surface area (Å²) in [5.74, 6) is -1.66. The van der Waals surface area contributed by atoms with Crippen LogP contribution in [0.25, 0.3) is 0 Å². The summed E-state index contributed by atoms with van der Waals surface area (Å²) in [5, 5.41) is 12.2. The molecule has 0 aliphatic heterocycles. The van der Waals surface area contributed by atoms with Crippen LogP contribution < -0.4 is 5.32 Å². The minimum Gasteiger partial charge on any atom is -0.481 e. The Morgan fingerprint density at radius 2 is 1.71 bits per heavy atom. The second-order valence-electron chi connectivity index (χ2n) is 5.74. The lowest BCUT2D eigenvalue weighted by Crippen LogP contribution is -2.54. The SMILES string of the molecule is CC1(NC(=O)C2CCCCC2C(=O)O)CCC1. The maximum absolute atomic E-state index is 12.1. The highest BCUT2D eigenvalue weighted by Gasteiger charge is 2.40. The molecule has 2 aliphatic carbocycles. The molecule has 17 heavy (non-hydrogen) atoms. The molecule has 2 N–H and O–H groups in total. The number of aliphatic carboxylic acids is 1.